The van der Waals surface area contributed by atoms with Crippen molar-refractivity contribution < 1.29 is 19.4 Å². The van der Waals surface area contributed by atoms with Gasteiger partial charge in [-0.2, -0.15) is 0 Å². The summed E-state index contributed by atoms with van der Waals surface area (Å²) in [5, 5.41) is 21.9. The van der Waals surface area contributed by atoms with Crippen LogP contribution in [-0.2, 0) is 19.5 Å². The normalized spacial score (nSPS) is 10.9. The van der Waals surface area contributed by atoms with Crippen molar-refractivity contribution in [3.05, 3.63) is 119 Å². The maximum Gasteiger partial charge on any atom is 0.336 e. The van der Waals surface area contributed by atoms with Crippen LogP contribution in [-0.4, -0.2) is 39.5 Å². The number of hydrogen-bond donors (Lipinski definition) is 4. The van der Waals surface area contributed by atoms with E-state index in [9.17, 15) is 14.7 Å². The summed E-state index contributed by atoms with van der Waals surface area (Å²) in [5.74, 6) is -0.939. The summed E-state index contributed by atoms with van der Waals surface area (Å²) < 4.78 is 7.39. The second-order valence-electron chi connectivity index (χ2n) is 9.89. The lowest BCUT2D eigenvalue weighted by Crippen LogP contribution is -2.23. The van der Waals surface area contributed by atoms with E-state index in [-0.39, 0.29) is 17.3 Å². The number of amides is 1. The largest absolute Gasteiger partial charge is 0.497 e. The molecule has 3 aromatic carbocycles. The molecule has 0 radical (unpaired) electrons. The number of carbonyl (C=O) groups excluding carboxylic acids is 1. The molecule has 5 N–H and O–H groups in total. The Morgan fingerprint density at radius 3 is 2.43 bits per heavy atom. The number of nitrogen functional groups attached to an aromatic ring is 1. The number of benzene rings is 3. The fourth-order valence-electron chi connectivity index (χ4n) is 5.11. The Morgan fingerprint density at radius 2 is 1.74 bits per heavy atom. The highest BCUT2D eigenvalue weighted by atomic mass is 16.5. The first-order chi connectivity index (χ1) is 20.3. The van der Waals surface area contributed by atoms with Gasteiger partial charge in [-0.15, -0.1) is 0 Å². The number of nitrogens with two attached hydrogens (primary N) is 1. The minimum atomic E-state index is -1.10. The molecule has 0 atom stereocenters. The fourth-order valence-corrected chi connectivity index (χ4v) is 5.11. The van der Waals surface area contributed by atoms with Gasteiger partial charge in [0.15, 0.2) is 0 Å². The maximum absolute atomic E-state index is 13.2. The first-order valence-electron chi connectivity index (χ1n) is 13.5. The number of hydrogen-bond acceptors (Lipinski definition) is 5. The molecular weight excluding hydrogens is 530 g/mol. The molecule has 5 aromatic rings. The molecule has 0 aliphatic heterocycles. The number of aromatic carboxylic acids is 1. The van der Waals surface area contributed by atoms with Crippen molar-refractivity contribution in [2.24, 2.45) is 5.73 Å². The molecule has 9 heteroatoms. The molecule has 1 amide bonds. The Balaban J connectivity index is 1.60. The number of methoxy groups -OCH3 is 1. The average molecular weight is 562 g/mol. The first kappa shape index (κ1) is 28.1. The van der Waals surface area contributed by atoms with Crippen molar-refractivity contribution in [2.45, 2.75) is 26.4 Å². The molecular formula is C33H31N5O4. The Labute approximate surface area is 243 Å². The SMILES string of the molecule is CCn1cc(Cc2ccc(C(=O)NCc3ccncc3)cc2-c2ccc(OC)cc2C(=O)O)c2ccc(C(=N)N)cc21. The van der Waals surface area contributed by atoms with Crippen LogP contribution in [0.5, 0.6) is 5.75 Å². The van der Waals surface area contributed by atoms with Gasteiger partial charge < -0.3 is 25.5 Å². The molecule has 2 heterocycles. The lowest BCUT2D eigenvalue weighted by molar-refractivity contribution is 0.0697. The number of carboxylic acid groups (broad SMARTS) is 1. The molecule has 0 saturated carbocycles. The molecule has 0 fully saturated rings. The summed E-state index contributed by atoms with van der Waals surface area (Å²) in [5.41, 5.74) is 11.8. The van der Waals surface area contributed by atoms with Gasteiger partial charge in [0.1, 0.15) is 11.6 Å². The van der Waals surface area contributed by atoms with Crippen LogP contribution < -0.4 is 15.8 Å². The summed E-state index contributed by atoms with van der Waals surface area (Å²) in [7, 11) is 1.49. The van der Waals surface area contributed by atoms with Crippen molar-refractivity contribution in [3.63, 3.8) is 0 Å². The quantitative estimate of drug-likeness (QED) is 0.136. The van der Waals surface area contributed by atoms with Gasteiger partial charge in [-0.05, 0) is 83.3 Å². The number of carboxylic acids is 1. The number of aryl methyl sites for hydroxylation is 1. The summed E-state index contributed by atoms with van der Waals surface area (Å²) >= 11 is 0. The number of nitrogens with zero attached hydrogens (tertiary/aromatic N) is 2. The molecule has 0 aliphatic carbocycles. The summed E-state index contributed by atoms with van der Waals surface area (Å²) in [4.78, 5) is 29.6. The lowest BCUT2D eigenvalue weighted by Gasteiger charge is -2.15. The van der Waals surface area contributed by atoms with Gasteiger partial charge in [0.2, 0.25) is 0 Å². The Hall–Kier alpha value is -5.44. The predicted octanol–water partition coefficient (Wildman–Crippen LogP) is 5.23. The van der Waals surface area contributed by atoms with E-state index in [4.69, 9.17) is 15.9 Å². The second-order valence-corrected chi connectivity index (χ2v) is 9.89. The third kappa shape index (κ3) is 5.71. The van der Waals surface area contributed by atoms with Crippen molar-refractivity contribution >= 4 is 28.6 Å². The van der Waals surface area contributed by atoms with Crippen LogP contribution in [0.2, 0.25) is 0 Å². The number of nitrogens with one attached hydrogen (secondary N) is 2. The molecule has 0 unspecified atom stereocenters. The standard InChI is InChI=1S/C33H31N5O4/c1-3-38-19-24(26-8-6-22(31(34)35)16-30(26)38)14-21-4-5-23(32(39)37-18-20-10-12-36-13-11-20)15-28(21)27-9-7-25(42-2)17-29(27)33(40)41/h4-13,15-17,19H,3,14,18H2,1-2H3,(H3,34,35)(H,37,39)(H,40,41). The molecule has 5 rings (SSSR count). The zero-order chi connectivity index (χ0) is 29.8. The molecule has 2 aromatic heterocycles. The summed E-state index contributed by atoms with van der Waals surface area (Å²) in [6, 6.07) is 19.7. The highest BCUT2D eigenvalue weighted by molar-refractivity contribution is 6.01. The van der Waals surface area contributed by atoms with Crippen LogP contribution in [0.4, 0.5) is 0 Å². The second kappa shape index (κ2) is 12.0. The Bertz CT molecular complexity index is 1810. The number of aromatic nitrogens is 2. The fraction of sp³-hybridized carbons (Fsp3) is 0.152. The zero-order valence-electron chi connectivity index (χ0n) is 23.3. The number of amidine groups is 1. The van der Waals surface area contributed by atoms with Gasteiger partial charge in [-0.1, -0.05) is 18.2 Å². The molecule has 0 bridgehead atoms. The van der Waals surface area contributed by atoms with Crippen molar-refractivity contribution in [3.8, 4) is 16.9 Å². The van der Waals surface area contributed by atoms with E-state index in [1.807, 2.05) is 43.3 Å². The molecule has 0 aliphatic rings. The van der Waals surface area contributed by atoms with Gasteiger partial charge >= 0.3 is 5.97 Å². The predicted molar refractivity (Wildman–Crippen MR) is 162 cm³/mol. The Morgan fingerprint density at radius 1 is 0.976 bits per heavy atom. The van der Waals surface area contributed by atoms with Crippen LogP contribution >= 0.6 is 0 Å². The van der Waals surface area contributed by atoms with Crippen LogP contribution in [0.25, 0.3) is 22.0 Å². The monoisotopic (exact) mass is 561 g/mol. The topological polar surface area (TPSA) is 143 Å². The van der Waals surface area contributed by atoms with Crippen LogP contribution in [0.1, 0.15) is 49.9 Å². The lowest BCUT2D eigenvalue weighted by atomic mass is 9.90. The number of pyridine rings is 1. The maximum atomic E-state index is 13.2. The minimum absolute atomic E-state index is 0.00286. The molecule has 9 nitrogen and oxygen atoms in total. The van der Waals surface area contributed by atoms with Crippen molar-refractivity contribution in [1.82, 2.24) is 14.9 Å². The smallest absolute Gasteiger partial charge is 0.336 e. The summed E-state index contributed by atoms with van der Waals surface area (Å²) in [6.07, 6.45) is 5.89. The Kier molecular flexibility index (Phi) is 8.01. The number of ether oxygens (including phenoxy) is 1. The van der Waals surface area contributed by atoms with Crippen LogP contribution in [0.15, 0.2) is 85.3 Å². The molecule has 42 heavy (non-hydrogen) atoms. The van der Waals surface area contributed by atoms with Crippen LogP contribution in [0.3, 0.4) is 0 Å². The zero-order valence-corrected chi connectivity index (χ0v) is 23.3. The van der Waals surface area contributed by atoms with Crippen molar-refractivity contribution in [2.75, 3.05) is 7.11 Å². The van der Waals surface area contributed by atoms with Crippen LogP contribution in [0, 0.1) is 5.41 Å². The number of fused-ring (bicyclic) bond motifs is 1. The van der Waals surface area contributed by atoms with E-state index in [0.717, 1.165) is 34.1 Å². The van der Waals surface area contributed by atoms with Crippen molar-refractivity contribution in [1.29, 1.82) is 5.41 Å². The van der Waals surface area contributed by atoms with Gasteiger partial charge in [0.05, 0.1) is 12.7 Å². The minimum Gasteiger partial charge on any atom is -0.497 e. The highest BCUT2D eigenvalue weighted by Gasteiger charge is 2.20. The van der Waals surface area contributed by atoms with E-state index in [2.05, 4.69) is 21.1 Å². The number of carbonyl (C=O) groups is 2. The van der Waals surface area contributed by atoms with E-state index in [0.29, 0.717) is 41.0 Å². The third-order valence-corrected chi connectivity index (χ3v) is 7.32. The van der Waals surface area contributed by atoms with E-state index in [1.54, 1.807) is 36.7 Å². The van der Waals surface area contributed by atoms with E-state index < -0.39 is 5.97 Å². The van der Waals surface area contributed by atoms with Gasteiger partial charge in [0, 0.05) is 60.1 Å². The molecule has 0 spiro atoms. The summed E-state index contributed by atoms with van der Waals surface area (Å²) in [6.45, 7) is 3.11. The number of rotatable bonds is 10. The van der Waals surface area contributed by atoms with Gasteiger partial charge in [0.25, 0.3) is 5.91 Å². The van der Waals surface area contributed by atoms with Gasteiger partial charge in [-0.3, -0.25) is 15.2 Å². The third-order valence-electron chi connectivity index (χ3n) is 7.32. The molecule has 0 saturated heterocycles. The average Bonchev–Trinajstić information content (AvgIpc) is 3.36. The van der Waals surface area contributed by atoms with E-state index in [1.165, 1.54) is 13.2 Å². The molecule has 212 valence electrons. The highest BCUT2D eigenvalue weighted by Crippen LogP contribution is 2.34. The van der Waals surface area contributed by atoms with E-state index >= 15 is 0 Å². The van der Waals surface area contributed by atoms with Gasteiger partial charge in [-0.25, -0.2) is 4.79 Å². The first-order valence-corrected chi connectivity index (χ1v) is 13.5.